The van der Waals surface area contributed by atoms with Crippen molar-refractivity contribution in [2.75, 3.05) is 0 Å². The van der Waals surface area contributed by atoms with Crippen LogP contribution in [0.25, 0.3) is 0 Å². The van der Waals surface area contributed by atoms with Gasteiger partial charge in [-0.05, 0) is 36.2 Å². The minimum absolute atomic E-state index is 0.159. The number of hydrogen-bond acceptors (Lipinski definition) is 4. The van der Waals surface area contributed by atoms with Crippen LogP contribution in [0, 0.1) is 0 Å². The lowest BCUT2D eigenvalue weighted by atomic mass is 10.2. The van der Waals surface area contributed by atoms with Gasteiger partial charge in [0, 0.05) is 18.8 Å². The molecule has 0 saturated carbocycles. The Kier molecular flexibility index (Phi) is 6.55. The first-order valence-electron chi connectivity index (χ1n) is 8.82. The molecule has 138 valence electrons. The molecule has 0 spiro atoms. The van der Waals surface area contributed by atoms with E-state index in [9.17, 15) is 4.79 Å². The van der Waals surface area contributed by atoms with Gasteiger partial charge in [-0.1, -0.05) is 48.5 Å². The number of nitrogens with zero attached hydrogens (tertiary/aromatic N) is 1. The molecule has 3 rings (SSSR count). The van der Waals surface area contributed by atoms with Crippen LogP contribution < -0.4 is 10.1 Å². The van der Waals surface area contributed by atoms with E-state index in [1.165, 1.54) is 0 Å². The second kappa shape index (κ2) is 9.50. The number of rotatable bonds is 8. The number of pyridine rings is 1. The first-order chi connectivity index (χ1) is 13.2. The number of nitrogens with one attached hydrogen (secondary N) is 1. The Morgan fingerprint density at radius 1 is 1.00 bits per heavy atom. The van der Waals surface area contributed by atoms with Gasteiger partial charge in [0.05, 0.1) is 6.61 Å². The third-order valence-corrected chi connectivity index (χ3v) is 3.94. The van der Waals surface area contributed by atoms with Crippen molar-refractivity contribution in [3.63, 3.8) is 0 Å². The summed E-state index contributed by atoms with van der Waals surface area (Å²) in [5.41, 5.74) is 1.94. The van der Waals surface area contributed by atoms with Crippen molar-refractivity contribution in [3.05, 3.63) is 90.1 Å². The molecule has 0 fully saturated rings. The molecule has 0 aliphatic rings. The smallest absolute Gasteiger partial charge is 0.249 e. The molecular formula is C22H22N2O3. The quantitative estimate of drug-likeness (QED) is 0.655. The molecule has 1 N–H and O–H groups in total. The number of carbonyl (C=O) groups excluding carboxylic acids is 1. The highest BCUT2D eigenvalue weighted by atomic mass is 16.5. The molecule has 1 heterocycles. The molecule has 0 bridgehead atoms. The number of hydrogen-bond donors (Lipinski definition) is 1. The van der Waals surface area contributed by atoms with E-state index >= 15 is 0 Å². The van der Waals surface area contributed by atoms with Gasteiger partial charge in [-0.15, -0.1) is 0 Å². The Labute approximate surface area is 159 Å². The average molecular weight is 362 g/mol. The summed E-state index contributed by atoms with van der Waals surface area (Å²) in [4.78, 5) is 16.4. The van der Waals surface area contributed by atoms with Crippen molar-refractivity contribution in [2.45, 2.75) is 26.2 Å². The van der Waals surface area contributed by atoms with Gasteiger partial charge in [0.1, 0.15) is 11.9 Å². The van der Waals surface area contributed by atoms with Crippen molar-refractivity contribution >= 4 is 5.91 Å². The van der Waals surface area contributed by atoms with Crippen LogP contribution in [-0.2, 0) is 22.7 Å². The van der Waals surface area contributed by atoms with E-state index < -0.39 is 6.10 Å². The van der Waals surface area contributed by atoms with Gasteiger partial charge in [0.2, 0.25) is 11.8 Å². The molecule has 0 saturated heterocycles. The maximum atomic E-state index is 12.2. The molecule has 5 nitrogen and oxygen atoms in total. The van der Waals surface area contributed by atoms with Crippen LogP contribution in [0.15, 0.2) is 79.0 Å². The zero-order chi connectivity index (χ0) is 18.9. The number of para-hydroxylation sites is 1. The summed E-state index contributed by atoms with van der Waals surface area (Å²) in [6.45, 7) is 2.53. The fourth-order valence-corrected chi connectivity index (χ4v) is 2.43. The largest absolute Gasteiger partial charge is 0.439 e. The van der Waals surface area contributed by atoms with Crippen LogP contribution >= 0.6 is 0 Å². The fourth-order valence-electron chi connectivity index (χ4n) is 2.43. The Balaban J connectivity index is 1.49. The highest BCUT2D eigenvalue weighted by Crippen LogP contribution is 2.19. The first-order valence-corrected chi connectivity index (χ1v) is 8.82. The molecule has 0 aliphatic heterocycles. The summed E-state index contributed by atoms with van der Waals surface area (Å²) in [6, 6.07) is 22.9. The van der Waals surface area contributed by atoms with E-state index in [1.807, 2.05) is 72.8 Å². The maximum Gasteiger partial charge on any atom is 0.249 e. The van der Waals surface area contributed by atoms with Crippen LogP contribution in [0.5, 0.6) is 11.6 Å². The van der Waals surface area contributed by atoms with Crippen LogP contribution in [0.2, 0.25) is 0 Å². The maximum absolute atomic E-state index is 12.2. The van der Waals surface area contributed by atoms with Crippen molar-refractivity contribution in [2.24, 2.45) is 0 Å². The second-order valence-corrected chi connectivity index (χ2v) is 6.07. The molecule has 27 heavy (non-hydrogen) atoms. The highest BCUT2D eigenvalue weighted by Gasteiger charge is 2.13. The van der Waals surface area contributed by atoms with Gasteiger partial charge in [-0.2, -0.15) is 0 Å². The van der Waals surface area contributed by atoms with Crippen LogP contribution in [0.4, 0.5) is 0 Å². The summed E-state index contributed by atoms with van der Waals surface area (Å²) >= 11 is 0. The van der Waals surface area contributed by atoms with E-state index in [0.29, 0.717) is 24.8 Å². The monoisotopic (exact) mass is 362 g/mol. The van der Waals surface area contributed by atoms with Gasteiger partial charge < -0.3 is 14.8 Å². The van der Waals surface area contributed by atoms with Gasteiger partial charge in [-0.3, -0.25) is 4.79 Å². The number of amides is 1. The normalized spacial score (nSPS) is 11.6. The van der Waals surface area contributed by atoms with Crippen LogP contribution in [-0.4, -0.2) is 17.0 Å². The van der Waals surface area contributed by atoms with E-state index in [-0.39, 0.29) is 5.91 Å². The predicted molar refractivity (Wildman–Crippen MR) is 103 cm³/mol. The van der Waals surface area contributed by atoms with Crippen LogP contribution in [0.3, 0.4) is 0 Å². The molecule has 1 aromatic heterocycles. The zero-order valence-corrected chi connectivity index (χ0v) is 15.2. The van der Waals surface area contributed by atoms with E-state index in [2.05, 4.69) is 10.3 Å². The average Bonchev–Trinajstić information content (AvgIpc) is 2.72. The first kappa shape index (κ1) is 18.6. The SMILES string of the molecule is CC(OCc1ccccc1)C(=O)NCc1ccnc(Oc2ccccc2)c1. The van der Waals surface area contributed by atoms with Gasteiger partial charge >= 0.3 is 0 Å². The minimum atomic E-state index is -0.535. The molecule has 2 aromatic carbocycles. The number of carbonyl (C=O) groups is 1. The topological polar surface area (TPSA) is 60.5 Å². The molecule has 0 radical (unpaired) electrons. The van der Waals surface area contributed by atoms with Crippen molar-refractivity contribution in [1.29, 1.82) is 0 Å². The minimum Gasteiger partial charge on any atom is -0.439 e. The zero-order valence-electron chi connectivity index (χ0n) is 15.2. The standard InChI is InChI=1S/C22H22N2O3/c1-17(26-16-18-8-4-2-5-9-18)22(25)24-15-19-12-13-23-21(14-19)27-20-10-6-3-7-11-20/h2-14,17H,15-16H2,1H3,(H,24,25). The lowest BCUT2D eigenvalue weighted by Gasteiger charge is -2.14. The Hall–Kier alpha value is -3.18. The summed E-state index contributed by atoms with van der Waals surface area (Å²) in [6.07, 6.45) is 1.13. The molecule has 5 heteroatoms. The third kappa shape index (κ3) is 5.94. The third-order valence-electron chi connectivity index (χ3n) is 3.94. The summed E-state index contributed by atoms with van der Waals surface area (Å²) in [7, 11) is 0. The number of aromatic nitrogens is 1. The molecule has 1 unspecified atom stereocenters. The summed E-state index contributed by atoms with van der Waals surface area (Å²) in [5.74, 6) is 1.05. The van der Waals surface area contributed by atoms with Crippen LogP contribution in [0.1, 0.15) is 18.1 Å². The predicted octanol–water partition coefficient (Wildman–Crippen LogP) is 4.10. The Morgan fingerprint density at radius 2 is 1.70 bits per heavy atom. The van der Waals surface area contributed by atoms with Crippen molar-refractivity contribution in [1.82, 2.24) is 10.3 Å². The summed E-state index contributed by atoms with van der Waals surface area (Å²) < 4.78 is 11.3. The lowest BCUT2D eigenvalue weighted by molar-refractivity contribution is -0.132. The van der Waals surface area contributed by atoms with Gasteiger partial charge in [-0.25, -0.2) is 4.98 Å². The molecule has 1 atom stereocenters. The lowest BCUT2D eigenvalue weighted by Crippen LogP contribution is -2.34. The van der Waals surface area contributed by atoms with Gasteiger partial charge in [0.25, 0.3) is 0 Å². The van der Waals surface area contributed by atoms with E-state index in [4.69, 9.17) is 9.47 Å². The van der Waals surface area contributed by atoms with Gasteiger partial charge in [0.15, 0.2) is 0 Å². The molecule has 0 aliphatic carbocycles. The molecule has 3 aromatic rings. The molecular weight excluding hydrogens is 340 g/mol. The number of benzene rings is 2. The van der Waals surface area contributed by atoms with Crippen molar-refractivity contribution < 1.29 is 14.3 Å². The summed E-state index contributed by atoms with van der Waals surface area (Å²) in [5, 5.41) is 2.88. The Morgan fingerprint density at radius 3 is 2.44 bits per heavy atom. The van der Waals surface area contributed by atoms with E-state index in [1.54, 1.807) is 13.1 Å². The second-order valence-electron chi connectivity index (χ2n) is 6.07. The molecule has 1 amide bonds. The Bertz CT molecular complexity index is 854. The van der Waals surface area contributed by atoms with Crippen molar-refractivity contribution in [3.8, 4) is 11.6 Å². The number of ether oxygens (including phenoxy) is 2. The highest BCUT2D eigenvalue weighted by molar-refractivity contribution is 5.80. The van der Waals surface area contributed by atoms with E-state index in [0.717, 1.165) is 11.1 Å². The fraction of sp³-hybridized carbons (Fsp3) is 0.182.